The quantitative estimate of drug-likeness (QED) is 0.0233. The lowest BCUT2D eigenvalue weighted by atomic mass is 10.1. The van der Waals surface area contributed by atoms with Gasteiger partial charge < -0.3 is 20.9 Å². The Morgan fingerprint density at radius 2 is 1.35 bits per heavy atom. The van der Waals surface area contributed by atoms with E-state index in [1.54, 1.807) is 0 Å². The maximum Gasteiger partial charge on any atom is 0.330 e. The highest BCUT2D eigenvalue weighted by Gasteiger charge is 2.25. The van der Waals surface area contributed by atoms with Gasteiger partial charge in [0.15, 0.2) is 5.75 Å². The van der Waals surface area contributed by atoms with Gasteiger partial charge in [0.25, 0.3) is 36.3 Å². The van der Waals surface area contributed by atoms with Gasteiger partial charge in [0.2, 0.25) is 0 Å². The number of esters is 1. The molecule has 5 aromatic rings. The first-order valence-electron chi connectivity index (χ1n) is 14.9. The minimum Gasteiger partial charge on any atom is -0.505 e. The van der Waals surface area contributed by atoms with Crippen LogP contribution < -0.4 is 11.1 Å². The van der Waals surface area contributed by atoms with E-state index >= 15 is 0 Å². The molecule has 0 bridgehead atoms. The maximum absolute atomic E-state index is 12.4. The molecular weight excluding hydrogens is 773 g/mol. The van der Waals surface area contributed by atoms with Crippen molar-refractivity contribution >= 4 is 92.2 Å². The predicted octanol–water partition coefficient (Wildman–Crippen LogP) is 5.31. The number of ether oxygens (including phenoxy) is 1. The van der Waals surface area contributed by atoms with Crippen LogP contribution in [0.1, 0.15) is 10.4 Å². The van der Waals surface area contributed by atoms with Gasteiger partial charge in [0, 0.05) is 27.8 Å². The van der Waals surface area contributed by atoms with Crippen LogP contribution in [0.2, 0.25) is 0 Å². The Morgan fingerprint density at radius 3 is 1.96 bits per heavy atom. The Labute approximate surface area is 305 Å². The fourth-order valence-corrected chi connectivity index (χ4v) is 6.71. The van der Waals surface area contributed by atoms with Crippen LogP contribution in [0.4, 0.5) is 28.4 Å². The van der Waals surface area contributed by atoms with Crippen LogP contribution in [0.3, 0.4) is 0 Å². The second kappa shape index (κ2) is 15.1. The van der Waals surface area contributed by atoms with Crippen LogP contribution in [0.15, 0.2) is 121 Å². The summed E-state index contributed by atoms with van der Waals surface area (Å²) in [5.41, 5.74) is 4.96. The van der Waals surface area contributed by atoms with Crippen LogP contribution in [0.5, 0.6) is 5.75 Å². The number of nitrogen functional groups attached to an aromatic ring is 1. The van der Waals surface area contributed by atoms with E-state index in [1.165, 1.54) is 42.5 Å². The number of carbonyl (C=O) groups is 2. The Kier molecular flexibility index (Phi) is 10.9. The number of aromatic hydroxyl groups is 1. The molecule has 22 heteroatoms. The predicted molar refractivity (Wildman–Crippen MR) is 192 cm³/mol. The number of nitrogens with two attached hydrogens (primary N) is 1. The summed E-state index contributed by atoms with van der Waals surface area (Å²) in [6, 6.07) is 14.4. The lowest BCUT2D eigenvalue weighted by molar-refractivity contribution is -0.137. The zero-order valence-corrected chi connectivity index (χ0v) is 29.6. The van der Waals surface area contributed by atoms with Crippen molar-refractivity contribution in [1.29, 1.82) is 0 Å². The van der Waals surface area contributed by atoms with Crippen molar-refractivity contribution in [3.63, 3.8) is 0 Å². The van der Waals surface area contributed by atoms with Crippen molar-refractivity contribution < 1.29 is 58.3 Å². The second-order valence-corrected chi connectivity index (χ2v) is 15.2. The van der Waals surface area contributed by atoms with Gasteiger partial charge in [0.1, 0.15) is 22.1 Å². The first-order chi connectivity index (χ1) is 25.3. The number of azo groups is 2. The van der Waals surface area contributed by atoms with Gasteiger partial charge in [-0.15, -0.1) is 15.3 Å². The summed E-state index contributed by atoms with van der Waals surface area (Å²) in [7, 11) is -14.8. The number of nitrogens with zero attached hydrogens (tertiary/aromatic N) is 4. The Balaban J connectivity index is 1.53. The van der Waals surface area contributed by atoms with E-state index in [0.29, 0.717) is 5.69 Å². The minimum atomic E-state index is -5.17. The van der Waals surface area contributed by atoms with Gasteiger partial charge in [-0.2, -0.15) is 30.4 Å². The number of phenols is 1. The highest BCUT2D eigenvalue weighted by atomic mass is 32.2. The molecule has 0 aliphatic carbocycles. The first kappa shape index (κ1) is 39.0. The van der Waals surface area contributed by atoms with E-state index in [0.717, 1.165) is 36.4 Å². The monoisotopic (exact) mass is 798 g/mol. The average Bonchev–Trinajstić information content (AvgIpc) is 3.10. The van der Waals surface area contributed by atoms with Gasteiger partial charge in [-0.3, -0.25) is 18.5 Å². The number of anilines is 1. The van der Waals surface area contributed by atoms with Gasteiger partial charge >= 0.3 is 5.97 Å². The summed E-state index contributed by atoms with van der Waals surface area (Å²) >= 11 is 0. The lowest BCUT2D eigenvalue weighted by Gasteiger charge is -2.11. The zero-order chi connectivity index (χ0) is 39.6. The summed E-state index contributed by atoms with van der Waals surface area (Å²) in [6.07, 6.45) is 0.993. The SMILES string of the molecule is C=CC(=O)OCCNC(=O)c1ccc(/N=N/c2ccc(/N=N/c3c(S(=O)(=O)O)cc4cc(S(=O)(=O)O)c(N)cc4c3O)c3cc(S(=O)(=O)O)ccc23)cc1. The molecule has 7 N–H and O–H groups in total. The van der Waals surface area contributed by atoms with E-state index in [4.69, 9.17) is 10.5 Å². The molecule has 0 aromatic heterocycles. The Morgan fingerprint density at radius 1 is 0.741 bits per heavy atom. The number of carbonyl (C=O) groups excluding carboxylic acids is 2. The third-order valence-corrected chi connectivity index (χ3v) is 10.1. The average molecular weight is 799 g/mol. The Bertz CT molecular complexity index is 2770. The van der Waals surface area contributed by atoms with Crippen LogP contribution in [-0.2, 0) is 39.9 Å². The van der Waals surface area contributed by atoms with E-state index in [1.807, 2.05) is 0 Å². The van der Waals surface area contributed by atoms with Gasteiger partial charge in [-0.05, 0) is 72.1 Å². The molecule has 0 aliphatic heterocycles. The number of nitrogens with one attached hydrogen (secondary N) is 1. The van der Waals surface area contributed by atoms with E-state index < -0.39 is 74.0 Å². The minimum absolute atomic E-state index is 0.00756. The van der Waals surface area contributed by atoms with Crippen molar-refractivity contribution in [1.82, 2.24) is 5.32 Å². The molecule has 0 saturated carbocycles. The fourth-order valence-electron chi connectivity index (χ4n) is 4.91. The number of hydrogen-bond acceptors (Lipinski definition) is 15. The maximum atomic E-state index is 12.4. The fraction of sp³-hybridized carbons (Fsp3) is 0.0625. The molecule has 0 spiro atoms. The summed E-state index contributed by atoms with van der Waals surface area (Å²) < 4.78 is 106. The molecule has 5 rings (SSSR count). The topological polar surface area (TPSA) is 314 Å². The summed E-state index contributed by atoms with van der Waals surface area (Å²) in [6.45, 7) is 3.27. The molecular formula is C32H26N6O13S3. The van der Waals surface area contributed by atoms with Crippen molar-refractivity contribution in [2.24, 2.45) is 20.5 Å². The Hall–Kier alpha value is -6.17. The van der Waals surface area contributed by atoms with Gasteiger partial charge in [-0.25, -0.2) is 4.79 Å². The molecule has 0 saturated heterocycles. The zero-order valence-electron chi connectivity index (χ0n) is 27.2. The molecule has 1 amide bonds. The van der Waals surface area contributed by atoms with Crippen molar-refractivity contribution in [2.75, 3.05) is 18.9 Å². The molecule has 0 atom stereocenters. The molecule has 0 fully saturated rings. The van der Waals surface area contributed by atoms with Crippen LogP contribution >= 0.6 is 0 Å². The molecule has 19 nitrogen and oxygen atoms in total. The molecule has 0 radical (unpaired) electrons. The van der Waals surface area contributed by atoms with E-state index in [-0.39, 0.29) is 51.6 Å². The largest absolute Gasteiger partial charge is 0.505 e. The molecule has 0 heterocycles. The molecule has 5 aromatic carbocycles. The lowest BCUT2D eigenvalue weighted by Crippen LogP contribution is -2.27. The van der Waals surface area contributed by atoms with E-state index in [9.17, 15) is 53.6 Å². The van der Waals surface area contributed by atoms with Crippen LogP contribution in [0, 0.1) is 0 Å². The van der Waals surface area contributed by atoms with Crippen molar-refractivity contribution in [3.8, 4) is 5.75 Å². The standard InChI is InChI=1S/C32H26N6O13S3/c1-2-29(39)51-12-11-34-32(41)17-3-5-19(6-4-17)35-36-25-9-10-26(23-15-20(52(42,43)44)7-8-21(23)25)37-38-30-28(54(48,49)50)14-18-13-27(53(45,46)47)24(33)16-22(18)31(30)40/h2-10,13-16,40H,1,11-12,33H2,(H,34,41)(H,42,43,44)(H,45,46,47)(H,48,49,50)/b36-35+,38-37+. The van der Waals surface area contributed by atoms with Gasteiger partial charge in [-0.1, -0.05) is 12.6 Å². The van der Waals surface area contributed by atoms with Crippen LogP contribution in [-0.4, -0.2) is 69.0 Å². The van der Waals surface area contributed by atoms with Gasteiger partial charge in [0.05, 0.1) is 34.2 Å². The van der Waals surface area contributed by atoms with Crippen molar-refractivity contribution in [2.45, 2.75) is 14.7 Å². The van der Waals surface area contributed by atoms with E-state index in [2.05, 4.69) is 32.4 Å². The summed E-state index contributed by atoms with van der Waals surface area (Å²) in [5, 5.41) is 29.4. The highest BCUT2D eigenvalue weighted by Crippen LogP contribution is 2.44. The number of phenolic OH excluding ortho intramolecular Hbond substituents is 1. The first-order valence-corrected chi connectivity index (χ1v) is 19.2. The molecule has 0 aliphatic rings. The molecule has 54 heavy (non-hydrogen) atoms. The molecule has 0 unspecified atom stereocenters. The normalized spacial score (nSPS) is 12.4. The summed E-state index contributed by atoms with van der Waals surface area (Å²) in [4.78, 5) is 21.1. The highest BCUT2D eigenvalue weighted by molar-refractivity contribution is 7.86. The molecule has 280 valence electrons. The third kappa shape index (κ3) is 8.71. The number of fused-ring (bicyclic) bond motifs is 2. The second-order valence-electron chi connectivity index (χ2n) is 11.0. The number of rotatable bonds is 12. The van der Waals surface area contributed by atoms with Crippen molar-refractivity contribution in [3.05, 3.63) is 91.0 Å². The summed E-state index contributed by atoms with van der Waals surface area (Å²) in [5.74, 6) is -1.99. The number of hydrogen-bond donors (Lipinski definition) is 6. The smallest absolute Gasteiger partial charge is 0.330 e. The number of benzene rings is 5. The van der Waals surface area contributed by atoms with Crippen LogP contribution in [0.25, 0.3) is 21.5 Å². The number of amides is 1. The third-order valence-electron chi connectivity index (χ3n) is 7.44.